The lowest BCUT2D eigenvalue weighted by Crippen LogP contribution is -2.16. The van der Waals surface area contributed by atoms with Gasteiger partial charge in [0.1, 0.15) is 0 Å². The first-order valence-corrected chi connectivity index (χ1v) is 26.4. The van der Waals surface area contributed by atoms with Crippen molar-refractivity contribution in [2.45, 2.75) is 45.4 Å². The molecule has 1 aliphatic carbocycles. The maximum absolute atomic E-state index is 2.60. The number of thiophene rings is 1. The lowest BCUT2D eigenvalue weighted by Gasteiger charge is -2.33. The molecule has 2 heteroatoms. The van der Waals surface area contributed by atoms with Gasteiger partial charge in [-0.1, -0.05) is 241 Å². The van der Waals surface area contributed by atoms with Crippen molar-refractivity contribution in [2.75, 3.05) is 4.90 Å². The van der Waals surface area contributed by atoms with Crippen LogP contribution in [0.3, 0.4) is 0 Å². The van der Waals surface area contributed by atoms with E-state index in [-0.39, 0.29) is 10.8 Å². The van der Waals surface area contributed by atoms with Crippen molar-refractivity contribution in [3.8, 4) is 66.8 Å². The van der Waals surface area contributed by atoms with Crippen molar-refractivity contribution in [3.05, 3.63) is 259 Å². The Kier molecular flexibility index (Phi) is 10.7. The summed E-state index contributed by atoms with van der Waals surface area (Å²) in [5, 5.41) is 5.03. The molecule has 0 spiro atoms. The third-order valence-corrected chi connectivity index (χ3v) is 16.7. The number of hydrogen-bond donors (Lipinski definition) is 0. The fourth-order valence-corrected chi connectivity index (χ4v) is 12.9. The summed E-state index contributed by atoms with van der Waals surface area (Å²) in [5.74, 6) is 0. The lowest BCUT2D eigenvalue weighted by molar-refractivity contribution is 0.590. The summed E-state index contributed by atoms with van der Waals surface area (Å²) in [5.41, 5.74) is 21.7. The van der Waals surface area contributed by atoms with Crippen LogP contribution in [0.15, 0.2) is 243 Å². The topological polar surface area (TPSA) is 3.24 Å². The average molecular weight is 954 g/mol. The summed E-state index contributed by atoms with van der Waals surface area (Å²) in [4.78, 5) is 2.60. The number of anilines is 3. The smallest absolute Gasteiger partial charge is 0.0619 e. The monoisotopic (exact) mass is 953 g/mol. The highest BCUT2D eigenvalue weighted by atomic mass is 32.1. The van der Waals surface area contributed by atoms with Crippen molar-refractivity contribution in [1.29, 1.82) is 0 Å². The summed E-state index contributed by atoms with van der Waals surface area (Å²) in [6.45, 7) is 11.6. The first-order valence-electron chi connectivity index (χ1n) is 25.6. The number of benzene rings is 11. The van der Waals surface area contributed by atoms with Gasteiger partial charge in [0.15, 0.2) is 0 Å². The van der Waals surface area contributed by atoms with Gasteiger partial charge in [-0.15, -0.1) is 11.3 Å². The van der Waals surface area contributed by atoms with E-state index in [1.54, 1.807) is 0 Å². The zero-order chi connectivity index (χ0) is 49.4. The standard InChI is InChI=1S/C71H55NS/c1-70(2,3)53-38-35-46(36-39-53)52-43-60(47-19-8-6-9-20-47)68(61(44-52)48-21-10-7-11-22-48)72(54-40-41-64-62(45-54)57-25-14-16-29-63(57)71(64,4)5)65-42-37-49-23-12-13-24-55(49)67(65)51-33-31-50(32-34-51)56-27-18-28-59-58-26-15-17-30-66(58)73-69(56)59/h6-45H,1-5H3. The molecule has 12 aromatic rings. The van der Waals surface area contributed by atoms with Crippen molar-refractivity contribution in [2.24, 2.45) is 0 Å². The van der Waals surface area contributed by atoms with Gasteiger partial charge in [-0.2, -0.15) is 0 Å². The Morgan fingerprint density at radius 3 is 1.66 bits per heavy atom. The maximum atomic E-state index is 2.60. The van der Waals surface area contributed by atoms with Gasteiger partial charge in [0.05, 0.1) is 11.4 Å². The Hall–Kier alpha value is -8.30. The molecule has 13 rings (SSSR count). The molecule has 0 unspecified atom stereocenters. The van der Waals surface area contributed by atoms with Gasteiger partial charge in [-0.25, -0.2) is 0 Å². The molecular formula is C71H55NS. The van der Waals surface area contributed by atoms with E-state index in [9.17, 15) is 0 Å². The second kappa shape index (κ2) is 17.5. The van der Waals surface area contributed by atoms with Crippen LogP contribution in [-0.4, -0.2) is 0 Å². The molecule has 1 aromatic heterocycles. The van der Waals surface area contributed by atoms with Crippen molar-refractivity contribution in [1.82, 2.24) is 0 Å². The van der Waals surface area contributed by atoms with Crippen LogP contribution >= 0.6 is 11.3 Å². The van der Waals surface area contributed by atoms with Crippen LogP contribution in [0.25, 0.3) is 97.7 Å². The molecule has 0 atom stereocenters. The molecule has 73 heavy (non-hydrogen) atoms. The highest BCUT2D eigenvalue weighted by Gasteiger charge is 2.36. The van der Waals surface area contributed by atoms with Crippen LogP contribution < -0.4 is 4.90 Å². The first-order chi connectivity index (χ1) is 35.6. The van der Waals surface area contributed by atoms with E-state index in [4.69, 9.17) is 0 Å². The number of rotatable bonds is 8. The third kappa shape index (κ3) is 7.59. The van der Waals surface area contributed by atoms with Crippen LogP contribution in [0.1, 0.15) is 51.3 Å². The second-order valence-electron chi connectivity index (χ2n) is 21.3. The maximum Gasteiger partial charge on any atom is 0.0619 e. The zero-order valence-corrected chi connectivity index (χ0v) is 42.8. The molecule has 0 saturated heterocycles. The number of fused-ring (bicyclic) bond motifs is 7. The van der Waals surface area contributed by atoms with E-state index >= 15 is 0 Å². The highest BCUT2D eigenvalue weighted by Crippen LogP contribution is 2.55. The molecular weight excluding hydrogens is 899 g/mol. The molecule has 0 aliphatic heterocycles. The van der Waals surface area contributed by atoms with E-state index in [1.165, 1.54) is 86.6 Å². The van der Waals surface area contributed by atoms with Crippen LogP contribution in [-0.2, 0) is 10.8 Å². The first kappa shape index (κ1) is 44.6. The van der Waals surface area contributed by atoms with Gasteiger partial charge in [0.2, 0.25) is 0 Å². The van der Waals surface area contributed by atoms with Gasteiger partial charge in [-0.3, -0.25) is 0 Å². The Balaban J connectivity index is 1.11. The second-order valence-corrected chi connectivity index (χ2v) is 22.3. The minimum absolute atomic E-state index is 0.0456. The zero-order valence-electron chi connectivity index (χ0n) is 41.9. The highest BCUT2D eigenvalue weighted by molar-refractivity contribution is 7.26. The van der Waals surface area contributed by atoms with E-state index in [0.717, 1.165) is 44.9 Å². The summed E-state index contributed by atoms with van der Waals surface area (Å²) >= 11 is 1.88. The molecule has 1 nitrogen and oxygen atoms in total. The van der Waals surface area contributed by atoms with E-state index in [1.807, 2.05) is 11.3 Å². The van der Waals surface area contributed by atoms with Gasteiger partial charge >= 0.3 is 0 Å². The molecule has 1 aliphatic rings. The minimum atomic E-state index is -0.139. The Morgan fingerprint density at radius 2 is 0.945 bits per heavy atom. The predicted molar refractivity (Wildman–Crippen MR) is 315 cm³/mol. The molecule has 1 heterocycles. The summed E-state index contributed by atoms with van der Waals surface area (Å²) < 4.78 is 2.64. The molecule has 0 saturated carbocycles. The summed E-state index contributed by atoms with van der Waals surface area (Å²) in [6, 6.07) is 90.9. The van der Waals surface area contributed by atoms with Gasteiger partial charge < -0.3 is 4.90 Å². The van der Waals surface area contributed by atoms with Crippen molar-refractivity contribution < 1.29 is 0 Å². The molecule has 0 fully saturated rings. The SMILES string of the molecule is CC(C)(C)c1ccc(-c2cc(-c3ccccc3)c(N(c3ccc4c(c3)-c3ccccc3C4(C)C)c3ccc4ccccc4c3-c3ccc(-c4cccc5c4sc4ccccc45)cc3)c(-c3ccccc3)c2)cc1. The van der Waals surface area contributed by atoms with E-state index in [0.29, 0.717) is 0 Å². The van der Waals surface area contributed by atoms with Crippen LogP contribution in [0.4, 0.5) is 17.1 Å². The van der Waals surface area contributed by atoms with Crippen LogP contribution in [0, 0.1) is 0 Å². The molecule has 0 bridgehead atoms. The van der Waals surface area contributed by atoms with E-state index < -0.39 is 0 Å². The fourth-order valence-electron chi connectivity index (χ4n) is 11.7. The molecule has 0 radical (unpaired) electrons. The van der Waals surface area contributed by atoms with Gasteiger partial charge in [-0.05, 0) is 119 Å². The van der Waals surface area contributed by atoms with Crippen molar-refractivity contribution >= 4 is 59.3 Å². The lowest BCUT2D eigenvalue weighted by atomic mass is 9.82. The summed E-state index contributed by atoms with van der Waals surface area (Å²) in [6.07, 6.45) is 0. The minimum Gasteiger partial charge on any atom is -0.309 e. The molecule has 11 aromatic carbocycles. The molecule has 0 N–H and O–H groups in total. The van der Waals surface area contributed by atoms with Gasteiger partial charge in [0, 0.05) is 48.0 Å². The van der Waals surface area contributed by atoms with Crippen LogP contribution in [0.2, 0.25) is 0 Å². The molecule has 350 valence electrons. The average Bonchev–Trinajstić information content (AvgIpc) is 3.93. The van der Waals surface area contributed by atoms with E-state index in [2.05, 4.69) is 282 Å². The number of nitrogens with zero attached hydrogens (tertiary/aromatic N) is 1. The number of hydrogen-bond acceptors (Lipinski definition) is 2. The fraction of sp³-hybridized carbons (Fsp3) is 0.0986. The van der Waals surface area contributed by atoms with Gasteiger partial charge in [0.25, 0.3) is 0 Å². The predicted octanol–water partition coefficient (Wildman–Crippen LogP) is 20.6. The summed E-state index contributed by atoms with van der Waals surface area (Å²) in [7, 11) is 0. The Bertz CT molecular complexity index is 4000. The quantitative estimate of drug-likeness (QED) is 0.147. The normalized spacial score (nSPS) is 12.8. The largest absolute Gasteiger partial charge is 0.309 e. The third-order valence-electron chi connectivity index (χ3n) is 15.4. The molecule has 0 amide bonds. The Morgan fingerprint density at radius 1 is 0.384 bits per heavy atom. The van der Waals surface area contributed by atoms with Crippen molar-refractivity contribution in [3.63, 3.8) is 0 Å². The van der Waals surface area contributed by atoms with Crippen LogP contribution in [0.5, 0.6) is 0 Å². The Labute approximate surface area is 433 Å².